The van der Waals surface area contributed by atoms with E-state index in [1.165, 1.54) is 5.56 Å². The Morgan fingerprint density at radius 2 is 2.00 bits per heavy atom. The summed E-state index contributed by atoms with van der Waals surface area (Å²) in [6.07, 6.45) is 3.59. The number of rotatable bonds is 3. The van der Waals surface area contributed by atoms with Crippen LogP contribution in [0.4, 0.5) is 0 Å². The molecule has 114 valence electrons. The molecule has 0 spiro atoms. The van der Waals surface area contributed by atoms with Gasteiger partial charge in [-0.25, -0.2) is 0 Å². The number of hydrogen-bond donors (Lipinski definition) is 0. The fourth-order valence-corrected chi connectivity index (χ4v) is 3.53. The molecular formula is C18H20N2OS. The number of benzene rings is 1. The van der Waals surface area contributed by atoms with E-state index in [1.54, 1.807) is 17.4 Å². The van der Waals surface area contributed by atoms with E-state index in [4.69, 9.17) is 0 Å². The Hall–Kier alpha value is -1.91. The van der Waals surface area contributed by atoms with E-state index in [2.05, 4.69) is 31.0 Å². The SMILES string of the molecule is C[C@@H]1[C@H](c2ccccc2)N(C(=O)C=Cc2cccs2)CN1C. The molecule has 1 saturated heterocycles. The molecule has 2 aromatic rings. The van der Waals surface area contributed by atoms with Gasteiger partial charge in [0, 0.05) is 17.0 Å². The molecule has 1 amide bonds. The van der Waals surface area contributed by atoms with Crippen LogP contribution in [0.1, 0.15) is 23.4 Å². The Bertz CT molecular complexity index is 651. The molecule has 3 nitrogen and oxygen atoms in total. The average Bonchev–Trinajstić information content (AvgIpc) is 3.15. The monoisotopic (exact) mass is 312 g/mol. The largest absolute Gasteiger partial charge is 0.318 e. The smallest absolute Gasteiger partial charge is 0.248 e. The average molecular weight is 312 g/mol. The van der Waals surface area contributed by atoms with Crippen molar-refractivity contribution in [2.45, 2.75) is 19.0 Å². The Morgan fingerprint density at radius 3 is 2.68 bits per heavy atom. The zero-order valence-corrected chi connectivity index (χ0v) is 13.7. The second-order valence-corrected chi connectivity index (χ2v) is 6.63. The number of nitrogens with zero attached hydrogens (tertiary/aromatic N) is 2. The molecule has 0 unspecified atom stereocenters. The summed E-state index contributed by atoms with van der Waals surface area (Å²) in [5.41, 5.74) is 1.19. The molecule has 1 aromatic heterocycles. The van der Waals surface area contributed by atoms with E-state index in [9.17, 15) is 4.79 Å². The third-order valence-corrected chi connectivity index (χ3v) is 5.06. The molecule has 0 radical (unpaired) electrons. The van der Waals surface area contributed by atoms with Gasteiger partial charge >= 0.3 is 0 Å². The summed E-state index contributed by atoms with van der Waals surface area (Å²) in [5.74, 6) is 0.0680. The van der Waals surface area contributed by atoms with Gasteiger partial charge in [0.25, 0.3) is 0 Å². The summed E-state index contributed by atoms with van der Waals surface area (Å²) in [5, 5.41) is 2.02. The molecule has 3 rings (SSSR count). The Kier molecular flexibility index (Phi) is 4.41. The van der Waals surface area contributed by atoms with Gasteiger partial charge in [0.1, 0.15) is 0 Å². The molecule has 2 atom stereocenters. The lowest BCUT2D eigenvalue weighted by molar-refractivity contribution is -0.127. The van der Waals surface area contributed by atoms with Crippen LogP contribution in [-0.2, 0) is 4.79 Å². The fourth-order valence-electron chi connectivity index (χ4n) is 2.91. The zero-order valence-electron chi connectivity index (χ0n) is 12.8. The molecule has 1 fully saturated rings. The molecule has 1 aliphatic rings. The zero-order chi connectivity index (χ0) is 15.5. The summed E-state index contributed by atoms with van der Waals surface area (Å²) >= 11 is 1.64. The lowest BCUT2D eigenvalue weighted by atomic mass is 10.0. The van der Waals surface area contributed by atoms with E-state index in [0.29, 0.717) is 12.7 Å². The molecule has 0 saturated carbocycles. The minimum Gasteiger partial charge on any atom is -0.318 e. The van der Waals surface area contributed by atoms with Gasteiger partial charge in [-0.15, -0.1) is 11.3 Å². The second kappa shape index (κ2) is 6.46. The minimum absolute atomic E-state index is 0.0680. The first-order valence-corrected chi connectivity index (χ1v) is 8.32. The van der Waals surface area contributed by atoms with E-state index >= 15 is 0 Å². The first-order chi connectivity index (χ1) is 10.7. The Balaban J connectivity index is 1.83. The third kappa shape index (κ3) is 2.98. The maximum atomic E-state index is 12.6. The highest BCUT2D eigenvalue weighted by molar-refractivity contribution is 7.10. The summed E-state index contributed by atoms with van der Waals surface area (Å²) in [6, 6.07) is 14.7. The van der Waals surface area contributed by atoms with Crippen molar-refractivity contribution in [1.82, 2.24) is 9.80 Å². The minimum atomic E-state index is 0.0680. The van der Waals surface area contributed by atoms with Gasteiger partial charge in [-0.3, -0.25) is 9.69 Å². The molecule has 4 heteroatoms. The van der Waals surface area contributed by atoms with Crippen LogP contribution in [0, 0.1) is 0 Å². The van der Waals surface area contributed by atoms with Gasteiger partial charge in [0.05, 0.1) is 12.7 Å². The van der Waals surface area contributed by atoms with Crippen molar-refractivity contribution in [2.75, 3.05) is 13.7 Å². The van der Waals surface area contributed by atoms with Crippen LogP contribution in [0.5, 0.6) is 0 Å². The first-order valence-electron chi connectivity index (χ1n) is 7.44. The molecule has 2 heterocycles. The van der Waals surface area contributed by atoms with E-state index < -0.39 is 0 Å². The van der Waals surface area contributed by atoms with Gasteiger partial charge < -0.3 is 4.90 Å². The van der Waals surface area contributed by atoms with Crippen LogP contribution in [0.15, 0.2) is 53.9 Å². The van der Waals surface area contributed by atoms with Crippen molar-refractivity contribution in [3.05, 3.63) is 64.4 Å². The van der Waals surface area contributed by atoms with Crippen molar-refractivity contribution >= 4 is 23.3 Å². The number of amides is 1. The molecule has 0 aliphatic carbocycles. The van der Waals surface area contributed by atoms with Gasteiger partial charge in [-0.05, 0) is 37.1 Å². The first kappa shape index (κ1) is 15.0. The highest BCUT2D eigenvalue weighted by Gasteiger charge is 2.38. The van der Waals surface area contributed by atoms with Crippen molar-refractivity contribution in [1.29, 1.82) is 0 Å². The summed E-state index contributed by atoms with van der Waals surface area (Å²) in [6.45, 7) is 2.84. The molecule has 1 aliphatic heterocycles. The van der Waals surface area contributed by atoms with Crippen LogP contribution in [-0.4, -0.2) is 35.5 Å². The van der Waals surface area contributed by atoms with Gasteiger partial charge in [0.15, 0.2) is 0 Å². The predicted octanol–water partition coefficient (Wildman–Crippen LogP) is 3.62. The van der Waals surface area contributed by atoms with Crippen molar-refractivity contribution < 1.29 is 4.79 Å². The normalized spacial score (nSPS) is 22.5. The van der Waals surface area contributed by atoms with Crippen molar-refractivity contribution in [3.8, 4) is 0 Å². The van der Waals surface area contributed by atoms with Crippen molar-refractivity contribution in [2.24, 2.45) is 0 Å². The Morgan fingerprint density at radius 1 is 1.23 bits per heavy atom. The van der Waals surface area contributed by atoms with Crippen LogP contribution < -0.4 is 0 Å². The lowest BCUT2D eigenvalue weighted by Crippen LogP contribution is -2.31. The van der Waals surface area contributed by atoms with Crippen molar-refractivity contribution in [3.63, 3.8) is 0 Å². The van der Waals surface area contributed by atoms with Gasteiger partial charge in [0.2, 0.25) is 5.91 Å². The highest BCUT2D eigenvalue weighted by atomic mass is 32.1. The van der Waals surface area contributed by atoms with E-state index in [1.807, 2.05) is 46.7 Å². The molecule has 0 bridgehead atoms. The maximum Gasteiger partial charge on any atom is 0.248 e. The summed E-state index contributed by atoms with van der Waals surface area (Å²) in [7, 11) is 2.07. The van der Waals surface area contributed by atoms with Gasteiger partial charge in [-0.2, -0.15) is 0 Å². The third-order valence-electron chi connectivity index (χ3n) is 4.22. The Labute approximate surface area is 135 Å². The van der Waals surface area contributed by atoms with Gasteiger partial charge in [-0.1, -0.05) is 36.4 Å². The molecular weight excluding hydrogens is 292 g/mol. The second-order valence-electron chi connectivity index (χ2n) is 5.65. The van der Waals surface area contributed by atoms with Crippen LogP contribution in [0.2, 0.25) is 0 Å². The summed E-state index contributed by atoms with van der Waals surface area (Å²) < 4.78 is 0. The number of carbonyl (C=O) groups is 1. The quantitative estimate of drug-likeness (QED) is 0.808. The van der Waals surface area contributed by atoms with Crippen LogP contribution in [0.25, 0.3) is 6.08 Å². The molecule has 1 aromatic carbocycles. The van der Waals surface area contributed by atoms with Crippen LogP contribution >= 0.6 is 11.3 Å². The number of likely N-dealkylation sites (N-methyl/N-ethyl adjacent to an activating group) is 1. The fraction of sp³-hybridized carbons (Fsp3) is 0.278. The molecule has 0 N–H and O–H groups in total. The predicted molar refractivity (Wildman–Crippen MR) is 91.5 cm³/mol. The maximum absolute atomic E-state index is 12.6. The lowest BCUT2D eigenvalue weighted by Gasteiger charge is -2.25. The number of hydrogen-bond acceptors (Lipinski definition) is 3. The standard InChI is InChI=1S/C18H20N2OS/c1-14-18(15-7-4-3-5-8-15)20(13-19(14)2)17(21)11-10-16-9-6-12-22-16/h3-12,14,18H,13H2,1-2H3/t14-,18-/m1/s1. The summed E-state index contributed by atoms with van der Waals surface area (Å²) in [4.78, 5) is 17.9. The number of thiophene rings is 1. The molecule has 22 heavy (non-hydrogen) atoms. The highest BCUT2D eigenvalue weighted by Crippen LogP contribution is 2.33. The van der Waals surface area contributed by atoms with E-state index in [-0.39, 0.29) is 11.9 Å². The topological polar surface area (TPSA) is 23.6 Å². The number of carbonyl (C=O) groups excluding carboxylic acids is 1. The van der Waals surface area contributed by atoms with Crippen LogP contribution in [0.3, 0.4) is 0 Å². The van der Waals surface area contributed by atoms with E-state index in [0.717, 1.165) is 4.88 Å².